The number of fused-ring (bicyclic) bond motifs is 7. The highest BCUT2D eigenvalue weighted by Gasteiger charge is 2.19. The molecule has 0 saturated heterocycles. The predicted octanol–water partition coefficient (Wildman–Crippen LogP) is 13.2. The molecule has 11 aromatic rings. The van der Waals surface area contributed by atoms with E-state index in [-0.39, 0.29) is 5.84 Å². The van der Waals surface area contributed by atoms with Crippen molar-refractivity contribution in [3.05, 3.63) is 187 Å². The fraction of sp³-hybridized carbons (Fsp3) is 0. The van der Waals surface area contributed by atoms with Gasteiger partial charge in [-0.25, -0.2) is 19.9 Å². The van der Waals surface area contributed by atoms with Gasteiger partial charge in [0.05, 0.1) is 0 Å². The van der Waals surface area contributed by atoms with Crippen LogP contribution in [0.25, 0.3) is 85.5 Å². The van der Waals surface area contributed by atoms with E-state index in [4.69, 9.17) is 24.4 Å². The second-order valence-electron chi connectivity index (χ2n) is 13.8. The molecule has 57 heavy (non-hydrogen) atoms. The largest absolute Gasteiger partial charge is 0.454 e. The van der Waals surface area contributed by atoms with Crippen LogP contribution >= 0.6 is 22.7 Å². The van der Waals surface area contributed by atoms with Crippen LogP contribution in [-0.2, 0) is 0 Å². The fourth-order valence-electron chi connectivity index (χ4n) is 7.51. The SMILES string of the molecule is N=C(/N=C(/c1ccccc1)c1cc2ccccc2o1)c1cccc2sc3ccc(-c4nc(-c5ccccc5)nc(-c5ccc6c(c5)sc5ccccc56)n4)cc3c12. The lowest BCUT2D eigenvalue weighted by Crippen LogP contribution is -2.07. The van der Waals surface area contributed by atoms with Gasteiger partial charge in [0.25, 0.3) is 0 Å². The Balaban J connectivity index is 1.06. The van der Waals surface area contributed by atoms with Crippen LogP contribution in [-0.4, -0.2) is 26.5 Å². The number of hydrogen-bond donors (Lipinski definition) is 1. The molecule has 0 unspecified atom stereocenters. The zero-order valence-corrected chi connectivity index (χ0v) is 31.8. The quantitative estimate of drug-likeness (QED) is 0.135. The van der Waals surface area contributed by atoms with Crippen molar-refractivity contribution in [1.82, 2.24) is 15.0 Å². The Bertz CT molecular complexity index is 3350. The van der Waals surface area contributed by atoms with Crippen LogP contribution in [0.5, 0.6) is 0 Å². The van der Waals surface area contributed by atoms with Crippen molar-refractivity contribution in [1.29, 1.82) is 5.41 Å². The summed E-state index contributed by atoms with van der Waals surface area (Å²) in [5.41, 5.74) is 5.70. The Hall–Kier alpha value is -7.13. The van der Waals surface area contributed by atoms with Gasteiger partial charge >= 0.3 is 0 Å². The maximum atomic E-state index is 9.49. The lowest BCUT2D eigenvalue weighted by molar-refractivity contribution is 0.605. The molecule has 11 rings (SSSR count). The number of thiophene rings is 2. The maximum Gasteiger partial charge on any atom is 0.164 e. The van der Waals surface area contributed by atoms with Gasteiger partial charge in [0.15, 0.2) is 29.1 Å². The van der Waals surface area contributed by atoms with E-state index in [1.165, 1.54) is 20.2 Å². The third-order valence-electron chi connectivity index (χ3n) is 10.2. The average Bonchev–Trinajstić information content (AvgIpc) is 3.99. The molecule has 0 aliphatic rings. The number of amidine groups is 1. The number of aliphatic imine (C=N–C) groups is 1. The summed E-state index contributed by atoms with van der Waals surface area (Å²) in [6.07, 6.45) is 0. The lowest BCUT2D eigenvalue weighted by Gasteiger charge is -2.09. The molecule has 0 atom stereocenters. The third kappa shape index (κ3) is 5.90. The number of aromatic nitrogens is 3. The minimum Gasteiger partial charge on any atom is -0.454 e. The van der Waals surface area contributed by atoms with Crippen molar-refractivity contribution < 1.29 is 4.42 Å². The zero-order chi connectivity index (χ0) is 37.9. The van der Waals surface area contributed by atoms with Crippen molar-refractivity contribution in [2.24, 2.45) is 4.99 Å². The van der Waals surface area contributed by atoms with Crippen molar-refractivity contribution in [3.8, 4) is 34.2 Å². The summed E-state index contributed by atoms with van der Waals surface area (Å²) >= 11 is 3.48. The van der Waals surface area contributed by atoms with E-state index in [2.05, 4.69) is 66.7 Å². The smallest absolute Gasteiger partial charge is 0.164 e. The highest BCUT2D eigenvalue weighted by molar-refractivity contribution is 7.26. The summed E-state index contributed by atoms with van der Waals surface area (Å²) in [7, 11) is 0. The molecule has 8 heteroatoms. The van der Waals surface area contributed by atoms with Crippen LogP contribution < -0.4 is 0 Å². The Morgan fingerprint density at radius 1 is 0.491 bits per heavy atom. The van der Waals surface area contributed by atoms with E-state index in [1.807, 2.05) is 103 Å². The molecule has 0 fully saturated rings. The first-order valence-corrected chi connectivity index (χ1v) is 20.2. The topological polar surface area (TPSA) is 88.0 Å². The number of nitrogens with one attached hydrogen (secondary N) is 1. The molecule has 0 aliphatic heterocycles. The Kier molecular flexibility index (Phi) is 7.91. The number of para-hydroxylation sites is 1. The molecule has 1 N–H and O–H groups in total. The molecule has 0 amide bonds. The highest BCUT2D eigenvalue weighted by Crippen LogP contribution is 2.40. The second-order valence-corrected chi connectivity index (χ2v) is 16.0. The molecule has 0 aliphatic carbocycles. The van der Waals surface area contributed by atoms with Crippen molar-refractivity contribution in [3.63, 3.8) is 0 Å². The van der Waals surface area contributed by atoms with E-state index in [0.717, 1.165) is 59.0 Å². The average molecular weight is 768 g/mol. The van der Waals surface area contributed by atoms with Crippen LogP contribution in [0.1, 0.15) is 16.9 Å². The molecule has 0 spiro atoms. The van der Waals surface area contributed by atoms with E-state index < -0.39 is 0 Å². The third-order valence-corrected chi connectivity index (χ3v) is 12.5. The zero-order valence-electron chi connectivity index (χ0n) is 30.2. The first-order valence-electron chi connectivity index (χ1n) is 18.5. The Morgan fingerprint density at radius 2 is 1.12 bits per heavy atom. The molecule has 0 bridgehead atoms. The normalized spacial score (nSPS) is 12.0. The molecule has 0 saturated carbocycles. The number of nitrogens with zero attached hydrogens (tertiary/aromatic N) is 4. The summed E-state index contributed by atoms with van der Waals surface area (Å²) in [6, 6.07) is 57.3. The summed E-state index contributed by atoms with van der Waals surface area (Å²) in [5.74, 6) is 2.57. The van der Waals surface area contributed by atoms with E-state index in [0.29, 0.717) is 28.9 Å². The van der Waals surface area contributed by atoms with Gasteiger partial charge in [0.2, 0.25) is 0 Å². The van der Waals surface area contributed by atoms with Crippen LogP contribution in [0.15, 0.2) is 179 Å². The molecular formula is C49H29N5OS2. The summed E-state index contributed by atoms with van der Waals surface area (Å²) in [6.45, 7) is 0. The van der Waals surface area contributed by atoms with Crippen LogP contribution in [0.4, 0.5) is 0 Å². The number of hydrogen-bond acceptors (Lipinski definition) is 7. The van der Waals surface area contributed by atoms with Crippen molar-refractivity contribution >= 4 is 85.5 Å². The second kappa shape index (κ2) is 13.6. The molecule has 6 nitrogen and oxygen atoms in total. The summed E-state index contributed by atoms with van der Waals surface area (Å²) < 4.78 is 10.9. The molecule has 268 valence electrons. The van der Waals surface area contributed by atoms with Gasteiger partial charge in [-0.2, -0.15) is 0 Å². The van der Waals surface area contributed by atoms with E-state index in [9.17, 15) is 5.41 Å². The summed E-state index contributed by atoms with van der Waals surface area (Å²) in [5, 5.41) is 14.9. The van der Waals surface area contributed by atoms with Gasteiger partial charge in [0.1, 0.15) is 11.3 Å². The molecular weight excluding hydrogens is 739 g/mol. The van der Waals surface area contributed by atoms with E-state index in [1.54, 1.807) is 22.7 Å². The molecule has 4 aromatic heterocycles. The molecule has 7 aromatic carbocycles. The van der Waals surface area contributed by atoms with Crippen molar-refractivity contribution in [2.45, 2.75) is 0 Å². The number of rotatable bonds is 6. The molecule has 0 radical (unpaired) electrons. The standard InChI is InChI=1S/C49H29N5OS2/c50-46(51-45(29-12-3-1-4-13-29)39-27-31-16-7-9-19-38(31)55-39)36-18-11-21-42-44(36)37-26-32(23-25-41(37)56-42)48-52-47(30-14-5-2-6-15-30)53-49(54-48)33-22-24-35-34-17-8-10-20-40(34)57-43(35)28-33/h1-28,50H/b50-46?,51-45-. The van der Waals surface area contributed by atoms with Gasteiger partial charge in [0, 0.05) is 73.5 Å². The van der Waals surface area contributed by atoms with Gasteiger partial charge in [-0.1, -0.05) is 121 Å². The first-order chi connectivity index (χ1) is 28.1. The highest BCUT2D eigenvalue weighted by atomic mass is 32.1. The minimum atomic E-state index is 0.149. The van der Waals surface area contributed by atoms with Gasteiger partial charge < -0.3 is 4.42 Å². The monoisotopic (exact) mass is 767 g/mol. The Morgan fingerprint density at radius 3 is 1.95 bits per heavy atom. The van der Waals surface area contributed by atoms with Crippen molar-refractivity contribution in [2.75, 3.05) is 0 Å². The first kappa shape index (κ1) is 33.2. The van der Waals surface area contributed by atoms with Gasteiger partial charge in [-0.05, 0) is 48.5 Å². The van der Waals surface area contributed by atoms with Gasteiger partial charge in [-0.3, -0.25) is 5.41 Å². The Labute approximate surface area is 334 Å². The summed E-state index contributed by atoms with van der Waals surface area (Å²) in [4.78, 5) is 20.2. The molecule has 4 heterocycles. The van der Waals surface area contributed by atoms with Crippen LogP contribution in [0.2, 0.25) is 0 Å². The van der Waals surface area contributed by atoms with Gasteiger partial charge in [-0.15, -0.1) is 22.7 Å². The number of benzene rings is 7. The maximum absolute atomic E-state index is 9.49. The minimum absolute atomic E-state index is 0.149. The lowest BCUT2D eigenvalue weighted by atomic mass is 10.0. The van der Waals surface area contributed by atoms with Crippen LogP contribution in [0.3, 0.4) is 0 Å². The fourth-order valence-corrected chi connectivity index (χ4v) is 9.77. The number of furan rings is 1. The van der Waals surface area contributed by atoms with E-state index >= 15 is 0 Å². The van der Waals surface area contributed by atoms with Crippen LogP contribution in [0, 0.1) is 5.41 Å². The predicted molar refractivity (Wildman–Crippen MR) is 237 cm³/mol.